The lowest BCUT2D eigenvalue weighted by atomic mass is 9.79. The van der Waals surface area contributed by atoms with E-state index >= 15 is 0 Å². The van der Waals surface area contributed by atoms with Crippen LogP contribution in [0.1, 0.15) is 46.0 Å². The summed E-state index contributed by atoms with van der Waals surface area (Å²) >= 11 is 1.57. The Kier molecular flexibility index (Phi) is 6.90. The van der Waals surface area contributed by atoms with E-state index in [1.54, 1.807) is 25.7 Å². The molecule has 3 aliphatic heterocycles. The molecule has 162 valence electrons. The Balaban J connectivity index is 1.58. The minimum absolute atomic E-state index is 0.0656. The minimum atomic E-state index is -1.07. The molecule has 2 saturated heterocycles. The molecule has 0 saturated carbocycles. The van der Waals surface area contributed by atoms with E-state index in [1.807, 2.05) is 6.92 Å². The molecule has 2 amide bonds. The van der Waals surface area contributed by atoms with Crippen molar-refractivity contribution < 1.29 is 24.6 Å². The van der Waals surface area contributed by atoms with Crippen LogP contribution in [0.4, 0.5) is 0 Å². The molecule has 0 aliphatic carbocycles. The normalized spacial score (nSPS) is 32.2. The van der Waals surface area contributed by atoms with E-state index in [-0.39, 0.29) is 34.7 Å². The molecule has 3 rings (SSSR count). The Morgan fingerprint density at radius 2 is 2.10 bits per heavy atom. The van der Waals surface area contributed by atoms with E-state index in [0.29, 0.717) is 12.5 Å². The average molecular weight is 426 g/mol. The molecule has 4 N–H and O–H groups in total. The molecule has 0 unspecified atom stereocenters. The largest absolute Gasteiger partial charge is 0.477 e. The van der Waals surface area contributed by atoms with E-state index in [9.17, 15) is 24.6 Å². The van der Waals surface area contributed by atoms with Gasteiger partial charge in [-0.1, -0.05) is 13.3 Å². The summed E-state index contributed by atoms with van der Waals surface area (Å²) in [6.07, 6.45) is 3.53. The number of β-lactam (4-membered cyclic amide) rings is 1. The molecule has 29 heavy (non-hydrogen) atoms. The quantitative estimate of drug-likeness (QED) is 0.320. The van der Waals surface area contributed by atoms with E-state index in [1.165, 1.54) is 4.90 Å². The van der Waals surface area contributed by atoms with Gasteiger partial charge in [-0.25, -0.2) is 4.79 Å². The molecule has 0 spiro atoms. The molecule has 2 fully saturated rings. The molecular weight excluding hydrogens is 394 g/mol. The molecule has 0 aromatic carbocycles. The van der Waals surface area contributed by atoms with Crippen LogP contribution in [-0.4, -0.2) is 69.9 Å². The summed E-state index contributed by atoms with van der Waals surface area (Å²) in [5, 5.41) is 26.0. The van der Waals surface area contributed by atoms with Crippen LogP contribution in [-0.2, 0) is 14.4 Å². The van der Waals surface area contributed by atoms with Crippen molar-refractivity contribution in [1.82, 2.24) is 15.5 Å². The van der Waals surface area contributed by atoms with Crippen molar-refractivity contribution in [3.63, 3.8) is 0 Å². The van der Waals surface area contributed by atoms with Crippen LogP contribution in [0.3, 0.4) is 0 Å². The maximum atomic E-state index is 12.4. The fourth-order valence-electron chi connectivity index (χ4n) is 4.75. The van der Waals surface area contributed by atoms with Gasteiger partial charge in [-0.2, -0.15) is 0 Å². The zero-order valence-electron chi connectivity index (χ0n) is 17.2. The number of fused-ring (bicyclic) bond motifs is 1. The lowest BCUT2D eigenvalue weighted by Gasteiger charge is -2.46. The van der Waals surface area contributed by atoms with Gasteiger partial charge in [0.25, 0.3) is 0 Å². The average Bonchev–Trinajstić information content (AvgIpc) is 3.20. The number of carbonyl (C=O) groups is 3. The summed E-state index contributed by atoms with van der Waals surface area (Å²) in [7, 11) is 1.65. The topological polar surface area (TPSA) is 119 Å². The summed E-state index contributed by atoms with van der Waals surface area (Å²) in [4.78, 5) is 37.7. The molecule has 6 atom stereocenters. The zero-order valence-corrected chi connectivity index (χ0v) is 18.0. The number of unbranched alkanes of at least 4 members (excludes halogenated alkanes) is 1. The second-order valence-corrected chi connectivity index (χ2v) is 9.61. The second kappa shape index (κ2) is 9.06. The third-order valence-corrected chi connectivity index (χ3v) is 7.78. The number of nitrogens with zero attached hydrogens (tertiary/aromatic N) is 1. The first-order valence-electron chi connectivity index (χ1n) is 10.4. The van der Waals surface area contributed by atoms with Crippen LogP contribution in [0.15, 0.2) is 10.6 Å². The van der Waals surface area contributed by atoms with Crippen molar-refractivity contribution >= 4 is 29.5 Å². The molecule has 3 heterocycles. The van der Waals surface area contributed by atoms with Crippen molar-refractivity contribution in [2.75, 3.05) is 13.6 Å². The summed E-state index contributed by atoms with van der Waals surface area (Å²) in [5.41, 5.74) is 0.100. The number of carboxylic acid groups (broad SMARTS) is 1. The van der Waals surface area contributed by atoms with Crippen molar-refractivity contribution in [2.24, 2.45) is 11.8 Å². The first-order valence-corrected chi connectivity index (χ1v) is 11.2. The standard InChI is InChI=1S/C20H31N3O5S/c1-10-16-15(11(2)24)19(26)23(16)17(20(27)28)18(10)29-13-8-12(22-9-13)6-4-5-7-14(25)21-3/h10-13,15-16,22,24H,4-9H2,1-3H3,(H,21,25)(H,27,28)/t10-,11-,12-,13+,15-,16-/m1/s1. The third-order valence-electron chi connectivity index (χ3n) is 6.27. The monoisotopic (exact) mass is 425 g/mol. The number of amides is 2. The van der Waals surface area contributed by atoms with E-state index in [4.69, 9.17) is 0 Å². The lowest BCUT2D eigenvalue weighted by Crippen LogP contribution is -2.63. The maximum Gasteiger partial charge on any atom is 0.353 e. The Labute approximate surface area is 175 Å². The molecule has 0 bridgehead atoms. The summed E-state index contributed by atoms with van der Waals surface area (Å²) in [6.45, 7) is 4.34. The summed E-state index contributed by atoms with van der Waals surface area (Å²) in [5.74, 6) is -1.91. The van der Waals surface area contributed by atoms with Gasteiger partial charge in [0.05, 0.1) is 18.1 Å². The second-order valence-electron chi connectivity index (χ2n) is 8.27. The van der Waals surface area contributed by atoms with Gasteiger partial charge in [-0.15, -0.1) is 11.8 Å². The number of rotatable bonds is 9. The number of carbonyl (C=O) groups excluding carboxylic acids is 2. The predicted octanol–water partition coefficient (Wildman–Crippen LogP) is 0.910. The van der Waals surface area contributed by atoms with Gasteiger partial charge in [0.2, 0.25) is 11.8 Å². The fraction of sp³-hybridized carbons (Fsp3) is 0.750. The molecule has 0 aromatic rings. The number of aliphatic carboxylic acids is 1. The lowest BCUT2D eigenvalue weighted by molar-refractivity contribution is -0.163. The smallest absolute Gasteiger partial charge is 0.353 e. The van der Waals surface area contributed by atoms with Crippen molar-refractivity contribution in [2.45, 2.75) is 69.4 Å². The van der Waals surface area contributed by atoms with Gasteiger partial charge in [-0.05, 0) is 26.2 Å². The van der Waals surface area contributed by atoms with Crippen LogP contribution >= 0.6 is 11.8 Å². The van der Waals surface area contributed by atoms with E-state index in [0.717, 1.165) is 37.1 Å². The van der Waals surface area contributed by atoms with Crippen LogP contribution in [0, 0.1) is 11.8 Å². The maximum absolute atomic E-state index is 12.4. The van der Waals surface area contributed by atoms with Crippen LogP contribution in [0.2, 0.25) is 0 Å². The van der Waals surface area contributed by atoms with Crippen LogP contribution < -0.4 is 10.6 Å². The summed E-state index contributed by atoms with van der Waals surface area (Å²) < 4.78 is 0. The molecule has 3 aliphatic rings. The van der Waals surface area contributed by atoms with Crippen LogP contribution in [0.25, 0.3) is 0 Å². The highest BCUT2D eigenvalue weighted by atomic mass is 32.2. The van der Waals surface area contributed by atoms with Gasteiger partial charge < -0.3 is 25.7 Å². The highest BCUT2D eigenvalue weighted by molar-refractivity contribution is 8.03. The van der Waals surface area contributed by atoms with Gasteiger partial charge in [0.1, 0.15) is 5.70 Å². The number of hydrogen-bond acceptors (Lipinski definition) is 6. The first kappa shape index (κ1) is 22.1. The summed E-state index contributed by atoms with van der Waals surface area (Å²) in [6, 6.07) is 0.109. The number of aliphatic hydroxyl groups is 1. The molecule has 0 aromatic heterocycles. The van der Waals surface area contributed by atoms with Crippen molar-refractivity contribution in [1.29, 1.82) is 0 Å². The number of aliphatic hydroxyl groups excluding tert-OH is 1. The van der Waals surface area contributed by atoms with Gasteiger partial charge in [0.15, 0.2) is 0 Å². The Hall–Kier alpha value is -1.58. The molecule has 9 heteroatoms. The van der Waals surface area contributed by atoms with Gasteiger partial charge in [-0.3, -0.25) is 9.59 Å². The van der Waals surface area contributed by atoms with Crippen LogP contribution in [0.5, 0.6) is 0 Å². The van der Waals surface area contributed by atoms with E-state index < -0.39 is 18.0 Å². The first-order chi connectivity index (χ1) is 13.8. The fourth-order valence-corrected chi connectivity index (χ4v) is 6.27. The highest BCUT2D eigenvalue weighted by Gasteiger charge is 2.60. The number of thioether (sulfide) groups is 1. The number of hydrogen-bond donors (Lipinski definition) is 4. The SMILES string of the molecule is CNC(=O)CCCC[C@@H]1C[C@H](SC2=C(C(=O)O)N3C(=O)[C@H]([C@@H](C)O)[C@H]3[C@H]2C)CN1. The molecule has 8 nitrogen and oxygen atoms in total. The zero-order chi connectivity index (χ0) is 21.3. The van der Waals surface area contributed by atoms with Gasteiger partial charge >= 0.3 is 5.97 Å². The Morgan fingerprint density at radius 1 is 1.38 bits per heavy atom. The number of carboxylic acids is 1. The Morgan fingerprint density at radius 3 is 2.72 bits per heavy atom. The Bertz CT molecular complexity index is 710. The van der Waals surface area contributed by atoms with E-state index in [2.05, 4.69) is 10.6 Å². The van der Waals surface area contributed by atoms with Crippen molar-refractivity contribution in [3.05, 3.63) is 10.6 Å². The highest BCUT2D eigenvalue weighted by Crippen LogP contribution is 2.51. The predicted molar refractivity (Wildman–Crippen MR) is 110 cm³/mol. The van der Waals surface area contributed by atoms with Gasteiger partial charge in [0, 0.05) is 42.1 Å². The minimum Gasteiger partial charge on any atom is -0.477 e. The van der Waals surface area contributed by atoms with Crippen molar-refractivity contribution in [3.8, 4) is 0 Å². The number of nitrogens with one attached hydrogen (secondary N) is 2. The third kappa shape index (κ3) is 4.32. The molecule has 0 radical (unpaired) electrons. The molecular formula is C20H31N3O5S.